The van der Waals surface area contributed by atoms with Crippen molar-refractivity contribution in [2.45, 2.75) is 12.5 Å². The highest BCUT2D eigenvalue weighted by Gasteiger charge is 2.18. The third-order valence-corrected chi connectivity index (χ3v) is 2.33. The van der Waals surface area contributed by atoms with Gasteiger partial charge in [0.1, 0.15) is 6.04 Å². The van der Waals surface area contributed by atoms with Gasteiger partial charge in [-0.15, -0.1) is 6.58 Å². The molecule has 1 rings (SSSR count). The molecule has 0 aliphatic carbocycles. The number of carbonyl (C=O) groups excluding carboxylic acids is 1. The maximum atomic E-state index is 11.7. The summed E-state index contributed by atoms with van der Waals surface area (Å²) < 4.78 is 0. The van der Waals surface area contributed by atoms with Crippen LogP contribution in [0.3, 0.4) is 0 Å². The quantitative estimate of drug-likeness (QED) is 0.790. The van der Waals surface area contributed by atoms with E-state index in [4.69, 9.17) is 16.7 Å². The molecular formula is C12H12ClNO3. The molecule has 0 spiro atoms. The third kappa shape index (κ3) is 3.92. The van der Waals surface area contributed by atoms with Gasteiger partial charge in [0.05, 0.1) is 0 Å². The van der Waals surface area contributed by atoms with Gasteiger partial charge >= 0.3 is 5.97 Å². The van der Waals surface area contributed by atoms with Crippen molar-refractivity contribution in [2.24, 2.45) is 0 Å². The van der Waals surface area contributed by atoms with Gasteiger partial charge in [-0.25, -0.2) is 4.79 Å². The summed E-state index contributed by atoms with van der Waals surface area (Å²) in [7, 11) is 0. The topological polar surface area (TPSA) is 66.4 Å². The number of benzene rings is 1. The van der Waals surface area contributed by atoms with E-state index in [1.807, 2.05) is 0 Å². The molecule has 17 heavy (non-hydrogen) atoms. The Labute approximate surface area is 104 Å². The first-order valence-corrected chi connectivity index (χ1v) is 5.32. The summed E-state index contributed by atoms with van der Waals surface area (Å²) in [4.78, 5) is 22.6. The Bertz CT molecular complexity index is 445. The van der Waals surface area contributed by atoms with Crippen molar-refractivity contribution in [3.63, 3.8) is 0 Å². The van der Waals surface area contributed by atoms with Gasteiger partial charge in [0.25, 0.3) is 5.91 Å². The first-order chi connectivity index (χ1) is 8.04. The lowest BCUT2D eigenvalue weighted by Gasteiger charge is -2.12. The summed E-state index contributed by atoms with van der Waals surface area (Å²) in [6, 6.07) is 5.33. The summed E-state index contributed by atoms with van der Waals surface area (Å²) in [5.41, 5.74) is 0.327. The molecule has 0 fully saturated rings. The number of hydrogen-bond acceptors (Lipinski definition) is 2. The molecule has 4 nitrogen and oxygen atoms in total. The molecule has 0 aliphatic rings. The molecule has 5 heteroatoms. The van der Waals surface area contributed by atoms with Crippen molar-refractivity contribution in [3.8, 4) is 0 Å². The molecule has 0 aromatic heterocycles. The Morgan fingerprint density at radius 1 is 1.53 bits per heavy atom. The average molecular weight is 254 g/mol. The molecule has 1 aromatic carbocycles. The van der Waals surface area contributed by atoms with Gasteiger partial charge in [-0.2, -0.15) is 0 Å². The lowest BCUT2D eigenvalue weighted by Crippen LogP contribution is -2.40. The Balaban J connectivity index is 2.77. The van der Waals surface area contributed by atoms with Gasteiger partial charge < -0.3 is 10.4 Å². The highest BCUT2D eigenvalue weighted by Crippen LogP contribution is 2.10. The van der Waals surface area contributed by atoms with Gasteiger partial charge in [0.2, 0.25) is 0 Å². The Morgan fingerprint density at radius 2 is 2.24 bits per heavy atom. The van der Waals surface area contributed by atoms with Gasteiger partial charge in [-0.05, 0) is 24.6 Å². The molecule has 0 saturated carbocycles. The molecule has 1 aromatic rings. The van der Waals surface area contributed by atoms with E-state index in [1.54, 1.807) is 18.2 Å². The lowest BCUT2D eigenvalue weighted by atomic mass is 10.1. The highest BCUT2D eigenvalue weighted by molar-refractivity contribution is 6.30. The fourth-order valence-corrected chi connectivity index (χ4v) is 1.45. The predicted octanol–water partition coefficient (Wildman–Crippen LogP) is 2.10. The van der Waals surface area contributed by atoms with Gasteiger partial charge in [0.15, 0.2) is 0 Å². The molecule has 0 bridgehead atoms. The Kier molecular flexibility index (Phi) is 4.72. The van der Waals surface area contributed by atoms with Crippen LogP contribution < -0.4 is 5.32 Å². The molecule has 1 atom stereocenters. The number of amides is 1. The molecular weight excluding hydrogens is 242 g/mol. The zero-order chi connectivity index (χ0) is 12.8. The zero-order valence-corrected chi connectivity index (χ0v) is 9.78. The second-order valence-electron chi connectivity index (χ2n) is 3.40. The lowest BCUT2D eigenvalue weighted by molar-refractivity contribution is -0.139. The minimum atomic E-state index is -1.10. The molecule has 0 aliphatic heterocycles. The molecule has 1 unspecified atom stereocenters. The molecule has 0 heterocycles. The van der Waals surface area contributed by atoms with Crippen LogP contribution >= 0.6 is 11.6 Å². The third-order valence-electron chi connectivity index (χ3n) is 2.09. The number of nitrogens with one attached hydrogen (secondary N) is 1. The van der Waals surface area contributed by atoms with Crippen molar-refractivity contribution in [2.75, 3.05) is 0 Å². The van der Waals surface area contributed by atoms with Crippen LogP contribution in [0.1, 0.15) is 16.8 Å². The maximum absolute atomic E-state index is 11.7. The van der Waals surface area contributed by atoms with Crippen LogP contribution in [0.5, 0.6) is 0 Å². The number of hydrogen-bond donors (Lipinski definition) is 2. The van der Waals surface area contributed by atoms with Crippen LogP contribution in [0.4, 0.5) is 0 Å². The number of aliphatic carboxylic acids is 1. The van der Waals surface area contributed by atoms with Gasteiger partial charge in [-0.3, -0.25) is 4.79 Å². The van der Waals surface area contributed by atoms with Crippen molar-refractivity contribution in [3.05, 3.63) is 47.5 Å². The second-order valence-corrected chi connectivity index (χ2v) is 3.84. The molecule has 90 valence electrons. The SMILES string of the molecule is C=CCC(NC(=O)c1cccc(Cl)c1)C(=O)O. The van der Waals surface area contributed by atoms with E-state index in [-0.39, 0.29) is 6.42 Å². The Hall–Kier alpha value is -1.81. The highest BCUT2D eigenvalue weighted by atomic mass is 35.5. The van der Waals surface area contributed by atoms with E-state index in [0.717, 1.165) is 0 Å². The summed E-state index contributed by atoms with van der Waals surface area (Å²) in [5, 5.41) is 11.7. The minimum Gasteiger partial charge on any atom is -0.480 e. The number of carbonyl (C=O) groups is 2. The second kappa shape index (κ2) is 6.06. The smallest absolute Gasteiger partial charge is 0.326 e. The van der Waals surface area contributed by atoms with Crippen LogP contribution in [0, 0.1) is 0 Å². The summed E-state index contributed by atoms with van der Waals surface area (Å²) in [5.74, 6) is -1.57. The summed E-state index contributed by atoms with van der Waals surface area (Å²) in [6.07, 6.45) is 1.61. The Morgan fingerprint density at radius 3 is 2.76 bits per heavy atom. The van der Waals surface area contributed by atoms with Crippen LogP contribution in [-0.2, 0) is 4.79 Å². The summed E-state index contributed by atoms with van der Waals surface area (Å²) in [6.45, 7) is 3.44. The van der Waals surface area contributed by atoms with E-state index in [2.05, 4.69) is 11.9 Å². The van der Waals surface area contributed by atoms with Crippen molar-refractivity contribution in [1.29, 1.82) is 0 Å². The largest absolute Gasteiger partial charge is 0.480 e. The molecule has 2 N–H and O–H groups in total. The van der Waals surface area contributed by atoms with E-state index < -0.39 is 17.9 Å². The predicted molar refractivity (Wildman–Crippen MR) is 65.2 cm³/mol. The summed E-state index contributed by atoms with van der Waals surface area (Å²) >= 11 is 5.74. The standard InChI is InChI=1S/C12H12ClNO3/c1-2-4-10(12(16)17)14-11(15)8-5-3-6-9(13)7-8/h2-3,5-7,10H,1,4H2,(H,14,15)(H,16,17). The van der Waals surface area contributed by atoms with Crippen LogP contribution in [0.15, 0.2) is 36.9 Å². The normalized spacial score (nSPS) is 11.6. The van der Waals surface area contributed by atoms with Crippen molar-refractivity contribution in [1.82, 2.24) is 5.32 Å². The van der Waals surface area contributed by atoms with E-state index >= 15 is 0 Å². The average Bonchev–Trinajstić information content (AvgIpc) is 2.28. The number of carboxylic acids is 1. The number of halogens is 1. The molecule has 0 radical (unpaired) electrons. The minimum absolute atomic E-state index is 0.168. The first kappa shape index (κ1) is 13.3. The van der Waals surface area contributed by atoms with Crippen LogP contribution in [0.25, 0.3) is 0 Å². The number of rotatable bonds is 5. The van der Waals surface area contributed by atoms with E-state index in [9.17, 15) is 9.59 Å². The van der Waals surface area contributed by atoms with Crippen LogP contribution in [0.2, 0.25) is 5.02 Å². The van der Waals surface area contributed by atoms with Crippen molar-refractivity contribution >= 4 is 23.5 Å². The number of carboxylic acid groups (broad SMARTS) is 1. The fourth-order valence-electron chi connectivity index (χ4n) is 1.26. The molecule has 1 amide bonds. The fraction of sp³-hybridized carbons (Fsp3) is 0.167. The zero-order valence-electron chi connectivity index (χ0n) is 9.02. The van der Waals surface area contributed by atoms with Gasteiger partial charge in [-0.1, -0.05) is 23.7 Å². The van der Waals surface area contributed by atoms with Crippen LogP contribution in [-0.4, -0.2) is 23.0 Å². The first-order valence-electron chi connectivity index (χ1n) is 4.94. The van der Waals surface area contributed by atoms with E-state index in [1.165, 1.54) is 12.1 Å². The maximum Gasteiger partial charge on any atom is 0.326 e. The van der Waals surface area contributed by atoms with E-state index in [0.29, 0.717) is 10.6 Å². The van der Waals surface area contributed by atoms with Crippen molar-refractivity contribution < 1.29 is 14.7 Å². The molecule has 0 saturated heterocycles. The van der Waals surface area contributed by atoms with Gasteiger partial charge in [0, 0.05) is 10.6 Å². The monoisotopic (exact) mass is 253 g/mol.